The van der Waals surface area contributed by atoms with Crippen LogP contribution in [0, 0.1) is 0 Å². The van der Waals surface area contributed by atoms with Crippen LogP contribution in [0.2, 0.25) is 0 Å². The van der Waals surface area contributed by atoms with E-state index >= 15 is 0 Å². The lowest BCUT2D eigenvalue weighted by Gasteiger charge is -2.26. The Morgan fingerprint density at radius 3 is 2.47 bits per heavy atom. The number of carbonyl (C=O) groups is 3. The highest BCUT2D eigenvalue weighted by atomic mass is 16.6. The Hall–Kier alpha value is -2.91. The summed E-state index contributed by atoms with van der Waals surface area (Å²) in [6.45, 7) is 9.75. The van der Waals surface area contributed by atoms with Crippen LogP contribution in [-0.4, -0.2) is 79.5 Å². The Labute approximate surface area is 187 Å². The molecule has 0 N–H and O–H groups in total. The number of aromatic nitrogens is 1. The van der Waals surface area contributed by atoms with Gasteiger partial charge in [-0.05, 0) is 45.4 Å². The second kappa shape index (κ2) is 10.1. The van der Waals surface area contributed by atoms with Crippen LogP contribution in [0.15, 0.2) is 24.4 Å². The second-order valence-corrected chi connectivity index (χ2v) is 8.51. The number of hydrogen-bond acceptors (Lipinski definition) is 8. The zero-order valence-electron chi connectivity index (χ0n) is 19.0. The van der Waals surface area contributed by atoms with Gasteiger partial charge in [-0.15, -0.1) is 0 Å². The summed E-state index contributed by atoms with van der Waals surface area (Å²) in [6.07, 6.45) is 1.68. The van der Waals surface area contributed by atoms with E-state index in [1.54, 1.807) is 39.0 Å². The summed E-state index contributed by atoms with van der Waals surface area (Å²) in [4.78, 5) is 39.7. The van der Waals surface area contributed by atoms with Gasteiger partial charge < -0.3 is 18.9 Å². The average Bonchev–Trinajstić information content (AvgIpc) is 3.19. The summed E-state index contributed by atoms with van der Waals surface area (Å²) < 4.78 is 22.6. The summed E-state index contributed by atoms with van der Waals surface area (Å²) in [6, 6.07) is 4.86. The van der Waals surface area contributed by atoms with Crippen molar-refractivity contribution in [1.82, 2.24) is 9.47 Å². The lowest BCUT2D eigenvalue weighted by atomic mass is 10.0. The van der Waals surface area contributed by atoms with Crippen molar-refractivity contribution in [2.45, 2.75) is 32.8 Å². The molecule has 0 radical (unpaired) electrons. The normalized spacial score (nSPS) is 14.9. The topological polar surface area (TPSA) is 96.3 Å². The molecule has 1 aromatic heterocycles. The van der Waals surface area contributed by atoms with Gasteiger partial charge in [-0.25, -0.2) is 9.59 Å². The Morgan fingerprint density at radius 2 is 1.81 bits per heavy atom. The van der Waals surface area contributed by atoms with Crippen LogP contribution in [0.25, 0.3) is 10.9 Å². The Balaban J connectivity index is 1.84. The largest absolute Gasteiger partial charge is 0.493 e. The van der Waals surface area contributed by atoms with Gasteiger partial charge in [0.15, 0.2) is 0 Å². The van der Waals surface area contributed by atoms with Crippen LogP contribution in [0.4, 0.5) is 4.79 Å². The van der Waals surface area contributed by atoms with E-state index in [2.05, 4.69) is 9.64 Å². The van der Waals surface area contributed by atoms with E-state index in [1.165, 1.54) is 10.8 Å². The van der Waals surface area contributed by atoms with Crippen molar-refractivity contribution in [3.05, 3.63) is 30.0 Å². The van der Waals surface area contributed by atoms with Gasteiger partial charge in [-0.1, -0.05) is 0 Å². The van der Waals surface area contributed by atoms with Crippen molar-refractivity contribution in [1.29, 1.82) is 0 Å². The zero-order valence-corrected chi connectivity index (χ0v) is 19.0. The minimum Gasteiger partial charge on any atom is -0.493 e. The first kappa shape index (κ1) is 23.7. The van der Waals surface area contributed by atoms with Gasteiger partial charge in [0, 0.05) is 31.2 Å². The number of esters is 1. The lowest BCUT2D eigenvalue weighted by Crippen LogP contribution is -2.37. The number of hydrogen-bond donors (Lipinski definition) is 0. The smallest absolute Gasteiger partial charge is 0.418 e. The number of ketones is 1. The van der Waals surface area contributed by atoms with Gasteiger partial charge in [0.1, 0.15) is 11.4 Å². The molecule has 0 spiro atoms. The quantitative estimate of drug-likeness (QED) is 0.277. The molecule has 1 fully saturated rings. The van der Waals surface area contributed by atoms with Gasteiger partial charge in [-0.3, -0.25) is 14.3 Å². The fourth-order valence-electron chi connectivity index (χ4n) is 3.51. The third-order valence-electron chi connectivity index (χ3n) is 5.00. The summed E-state index contributed by atoms with van der Waals surface area (Å²) in [5.74, 6) is -1.55. The molecule has 1 aliphatic rings. The lowest BCUT2D eigenvalue weighted by molar-refractivity contribution is -0.135. The maximum atomic E-state index is 12.8. The third-order valence-corrected chi connectivity index (χ3v) is 5.00. The summed E-state index contributed by atoms with van der Waals surface area (Å²) in [7, 11) is 1.15. The molecule has 9 nitrogen and oxygen atoms in total. The molecule has 0 unspecified atom stereocenters. The molecular weight excluding hydrogens is 416 g/mol. The number of benzene rings is 1. The Morgan fingerprint density at radius 1 is 1.09 bits per heavy atom. The van der Waals surface area contributed by atoms with Crippen LogP contribution in [0.1, 0.15) is 37.6 Å². The fraction of sp³-hybridized carbons (Fsp3) is 0.522. The van der Waals surface area contributed by atoms with Gasteiger partial charge in [-0.2, -0.15) is 0 Å². The van der Waals surface area contributed by atoms with E-state index in [1.807, 2.05) is 0 Å². The molecular formula is C23H30N2O7. The highest BCUT2D eigenvalue weighted by Crippen LogP contribution is 2.30. The highest BCUT2D eigenvalue weighted by molar-refractivity contribution is 6.43. The first-order valence-electron chi connectivity index (χ1n) is 10.6. The molecule has 1 aromatic carbocycles. The van der Waals surface area contributed by atoms with Gasteiger partial charge in [0.25, 0.3) is 5.78 Å². The third kappa shape index (κ3) is 5.66. The first-order chi connectivity index (χ1) is 15.2. The zero-order chi connectivity index (χ0) is 23.3. The van der Waals surface area contributed by atoms with E-state index in [-0.39, 0.29) is 11.3 Å². The number of carbonyl (C=O) groups excluding carboxylic acids is 3. The molecule has 0 saturated carbocycles. The minimum absolute atomic E-state index is 0.0723. The SMILES string of the molecule is COC(=O)C(=O)c1c(OCCCN2CCOCC2)ccc2c1ccn2C(=O)OC(C)(C)C. The van der Waals surface area contributed by atoms with Crippen molar-refractivity contribution in [3.63, 3.8) is 0 Å². The molecule has 1 saturated heterocycles. The summed E-state index contributed by atoms with van der Waals surface area (Å²) >= 11 is 0. The average molecular weight is 447 g/mol. The van der Waals surface area contributed by atoms with Crippen LogP contribution in [-0.2, 0) is 19.0 Å². The standard InChI is InChI=1S/C23H30N2O7/c1-23(2,3)32-22(28)25-10-8-16-17(25)6-7-18(19(16)20(26)21(27)29-4)31-13-5-9-24-11-14-30-15-12-24/h6-8,10H,5,9,11-15H2,1-4H3. The number of morpholine rings is 1. The van der Waals surface area contributed by atoms with E-state index in [9.17, 15) is 14.4 Å². The number of rotatable bonds is 7. The van der Waals surface area contributed by atoms with Crippen LogP contribution < -0.4 is 4.74 Å². The molecule has 0 amide bonds. The van der Waals surface area contributed by atoms with E-state index < -0.39 is 23.4 Å². The second-order valence-electron chi connectivity index (χ2n) is 8.51. The number of Topliss-reactive ketones (excluding diaryl/α,β-unsaturated/α-hetero) is 1. The fourth-order valence-corrected chi connectivity index (χ4v) is 3.51. The van der Waals surface area contributed by atoms with Gasteiger partial charge in [0.2, 0.25) is 0 Å². The van der Waals surface area contributed by atoms with Crippen LogP contribution in [0.5, 0.6) is 5.75 Å². The van der Waals surface area contributed by atoms with Crippen molar-refractivity contribution >= 4 is 28.7 Å². The van der Waals surface area contributed by atoms with Gasteiger partial charge >= 0.3 is 12.1 Å². The van der Waals surface area contributed by atoms with E-state index in [4.69, 9.17) is 14.2 Å². The number of ether oxygens (including phenoxy) is 4. The predicted molar refractivity (Wildman–Crippen MR) is 117 cm³/mol. The van der Waals surface area contributed by atoms with Crippen molar-refractivity contribution in [2.75, 3.05) is 46.6 Å². The Kier molecular flexibility index (Phi) is 7.52. The molecule has 0 atom stereocenters. The number of fused-ring (bicyclic) bond motifs is 1. The molecule has 174 valence electrons. The highest BCUT2D eigenvalue weighted by Gasteiger charge is 2.27. The first-order valence-corrected chi connectivity index (χ1v) is 10.6. The maximum Gasteiger partial charge on any atom is 0.418 e. The molecule has 0 aliphatic carbocycles. The van der Waals surface area contributed by atoms with Crippen molar-refractivity contribution < 1.29 is 33.3 Å². The van der Waals surface area contributed by atoms with Crippen molar-refractivity contribution in [3.8, 4) is 5.75 Å². The van der Waals surface area contributed by atoms with Crippen LogP contribution >= 0.6 is 0 Å². The predicted octanol–water partition coefficient (Wildman–Crippen LogP) is 2.88. The monoisotopic (exact) mass is 446 g/mol. The molecule has 32 heavy (non-hydrogen) atoms. The van der Waals surface area contributed by atoms with E-state index in [0.29, 0.717) is 17.5 Å². The van der Waals surface area contributed by atoms with Crippen molar-refractivity contribution in [2.24, 2.45) is 0 Å². The summed E-state index contributed by atoms with van der Waals surface area (Å²) in [5, 5.41) is 0.414. The molecule has 9 heteroatoms. The molecule has 3 rings (SSSR count). The minimum atomic E-state index is -0.999. The van der Waals surface area contributed by atoms with Gasteiger partial charge in [0.05, 0.1) is 38.0 Å². The molecule has 2 aromatic rings. The maximum absolute atomic E-state index is 12.8. The number of methoxy groups -OCH3 is 1. The Bertz CT molecular complexity index is 984. The van der Waals surface area contributed by atoms with Crippen LogP contribution in [0.3, 0.4) is 0 Å². The number of nitrogens with zero attached hydrogens (tertiary/aromatic N) is 2. The molecule has 1 aliphatic heterocycles. The van der Waals surface area contributed by atoms with E-state index in [0.717, 1.165) is 46.4 Å². The molecule has 0 bridgehead atoms. The molecule has 2 heterocycles. The summed E-state index contributed by atoms with van der Waals surface area (Å²) in [5.41, 5.74) is -0.169.